The summed E-state index contributed by atoms with van der Waals surface area (Å²) in [7, 11) is 0. The van der Waals surface area contributed by atoms with E-state index in [0.717, 1.165) is 11.1 Å². The van der Waals surface area contributed by atoms with Crippen LogP contribution in [0.1, 0.15) is 21.5 Å². The number of carbonyl (C=O) groups excluding carboxylic acids is 1. The van der Waals surface area contributed by atoms with Gasteiger partial charge in [-0.05, 0) is 30.2 Å². The van der Waals surface area contributed by atoms with Gasteiger partial charge in [-0.1, -0.05) is 41.9 Å². The van der Waals surface area contributed by atoms with Crippen LogP contribution in [-0.4, -0.2) is 5.91 Å². The molecule has 2 aromatic rings. The lowest BCUT2D eigenvalue weighted by molar-refractivity contribution is 0.0951. The Morgan fingerprint density at radius 2 is 1.95 bits per heavy atom. The molecule has 0 aliphatic carbocycles. The number of amides is 1. The van der Waals surface area contributed by atoms with Crippen LogP contribution in [0.15, 0.2) is 42.5 Å². The molecule has 4 heteroatoms. The first-order valence-electron chi connectivity index (χ1n) is 5.96. The van der Waals surface area contributed by atoms with Crippen LogP contribution in [-0.2, 0) is 6.54 Å². The minimum Gasteiger partial charge on any atom is -0.398 e. The van der Waals surface area contributed by atoms with Gasteiger partial charge in [-0.3, -0.25) is 4.79 Å². The first-order valence-corrected chi connectivity index (χ1v) is 6.34. The number of carbonyl (C=O) groups is 1. The Bertz CT molecular complexity index is 591. The van der Waals surface area contributed by atoms with Gasteiger partial charge in [-0.25, -0.2) is 0 Å². The minimum absolute atomic E-state index is 0.185. The number of halogens is 1. The van der Waals surface area contributed by atoms with Crippen molar-refractivity contribution in [1.82, 2.24) is 5.32 Å². The first-order chi connectivity index (χ1) is 9.09. The Balaban J connectivity index is 2.13. The van der Waals surface area contributed by atoms with Crippen LogP contribution in [0.3, 0.4) is 0 Å². The molecule has 0 aliphatic heterocycles. The van der Waals surface area contributed by atoms with Crippen molar-refractivity contribution in [2.24, 2.45) is 0 Å². The molecule has 1 amide bonds. The summed E-state index contributed by atoms with van der Waals surface area (Å²) in [6.45, 7) is 2.24. The van der Waals surface area contributed by atoms with E-state index in [-0.39, 0.29) is 5.91 Å². The average Bonchev–Trinajstić information content (AvgIpc) is 2.37. The van der Waals surface area contributed by atoms with Gasteiger partial charge in [0, 0.05) is 17.3 Å². The van der Waals surface area contributed by atoms with Crippen LogP contribution < -0.4 is 11.1 Å². The number of rotatable bonds is 3. The number of nitrogen functional groups attached to an aromatic ring is 1. The van der Waals surface area contributed by atoms with Crippen molar-refractivity contribution in [2.75, 3.05) is 5.73 Å². The third-order valence-electron chi connectivity index (χ3n) is 2.93. The molecule has 98 valence electrons. The number of aryl methyl sites for hydroxylation is 1. The number of nitrogens with one attached hydrogen (secondary N) is 1. The van der Waals surface area contributed by atoms with E-state index in [1.54, 1.807) is 12.1 Å². The Hall–Kier alpha value is -2.00. The molecule has 0 aliphatic rings. The van der Waals surface area contributed by atoms with Gasteiger partial charge in [0.2, 0.25) is 0 Å². The molecule has 0 heterocycles. The van der Waals surface area contributed by atoms with E-state index in [1.807, 2.05) is 37.3 Å². The Labute approximate surface area is 117 Å². The Morgan fingerprint density at radius 1 is 1.21 bits per heavy atom. The van der Waals surface area contributed by atoms with Crippen molar-refractivity contribution < 1.29 is 4.79 Å². The Kier molecular flexibility index (Phi) is 4.07. The highest BCUT2D eigenvalue weighted by Gasteiger charge is 2.12. The van der Waals surface area contributed by atoms with Gasteiger partial charge in [0.1, 0.15) is 0 Å². The number of benzene rings is 2. The topological polar surface area (TPSA) is 55.1 Å². The van der Waals surface area contributed by atoms with Crippen molar-refractivity contribution in [3.63, 3.8) is 0 Å². The van der Waals surface area contributed by atoms with E-state index < -0.39 is 0 Å². The second-order valence-electron chi connectivity index (χ2n) is 4.31. The van der Waals surface area contributed by atoms with Crippen molar-refractivity contribution in [2.45, 2.75) is 13.5 Å². The summed E-state index contributed by atoms with van der Waals surface area (Å²) in [5.41, 5.74) is 8.58. The van der Waals surface area contributed by atoms with Crippen molar-refractivity contribution in [1.29, 1.82) is 0 Å². The SMILES string of the molecule is Cc1cccc(N)c1C(=O)NCc1ccccc1Cl. The molecule has 2 aromatic carbocycles. The summed E-state index contributed by atoms with van der Waals surface area (Å²) in [6.07, 6.45) is 0. The highest BCUT2D eigenvalue weighted by Crippen LogP contribution is 2.17. The summed E-state index contributed by atoms with van der Waals surface area (Å²) in [5.74, 6) is -0.185. The minimum atomic E-state index is -0.185. The maximum atomic E-state index is 12.1. The molecule has 3 nitrogen and oxygen atoms in total. The van der Waals surface area contributed by atoms with E-state index in [0.29, 0.717) is 22.8 Å². The number of nitrogens with two attached hydrogens (primary N) is 1. The molecular weight excluding hydrogens is 260 g/mol. The number of hydrogen-bond acceptors (Lipinski definition) is 2. The molecule has 0 fully saturated rings. The largest absolute Gasteiger partial charge is 0.398 e. The second-order valence-corrected chi connectivity index (χ2v) is 4.72. The van der Waals surface area contributed by atoms with Crippen molar-refractivity contribution in [3.05, 3.63) is 64.2 Å². The third-order valence-corrected chi connectivity index (χ3v) is 3.30. The smallest absolute Gasteiger partial charge is 0.253 e. The predicted molar refractivity (Wildman–Crippen MR) is 78.2 cm³/mol. The summed E-state index contributed by atoms with van der Waals surface area (Å²) in [6, 6.07) is 12.8. The van der Waals surface area contributed by atoms with E-state index in [9.17, 15) is 4.79 Å². The molecule has 0 unspecified atom stereocenters. The molecular formula is C15H15ClN2O. The zero-order valence-corrected chi connectivity index (χ0v) is 11.4. The molecule has 19 heavy (non-hydrogen) atoms. The van der Waals surface area contributed by atoms with Crippen molar-refractivity contribution >= 4 is 23.2 Å². The van der Waals surface area contributed by atoms with E-state index in [1.165, 1.54) is 0 Å². The van der Waals surface area contributed by atoms with Gasteiger partial charge in [-0.2, -0.15) is 0 Å². The van der Waals surface area contributed by atoms with Crippen LogP contribution in [0, 0.1) is 6.92 Å². The fourth-order valence-electron chi connectivity index (χ4n) is 1.91. The molecule has 3 N–H and O–H groups in total. The van der Waals surface area contributed by atoms with Crippen LogP contribution >= 0.6 is 11.6 Å². The van der Waals surface area contributed by atoms with Gasteiger partial charge in [-0.15, -0.1) is 0 Å². The van der Waals surface area contributed by atoms with Crippen LogP contribution in [0.25, 0.3) is 0 Å². The third kappa shape index (κ3) is 3.06. The molecule has 0 spiro atoms. The van der Waals surface area contributed by atoms with Gasteiger partial charge >= 0.3 is 0 Å². The van der Waals surface area contributed by atoms with E-state index in [4.69, 9.17) is 17.3 Å². The van der Waals surface area contributed by atoms with Gasteiger partial charge in [0.25, 0.3) is 5.91 Å². The van der Waals surface area contributed by atoms with Crippen LogP contribution in [0.2, 0.25) is 5.02 Å². The lowest BCUT2D eigenvalue weighted by Gasteiger charge is -2.10. The van der Waals surface area contributed by atoms with Gasteiger partial charge < -0.3 is 11.1 Å². The Morgan fingerprint density at radius 3 is 2.63 bits per heavy atom. The van der Waals surface area contributed by atoms with Gasteiger partial charge in [0.15, 0.2) is 0 Å². The molecule has 0 bridgehead atoms. The van der Waals surface area contributed by atoms with Gasteiger partial charge in [0.05, 0.1) is 5.56 Å². The van der Waals surface area contributed by atoms with Crippen LogP contribution in [0.5, 0.6) is 0 Å². The molecule has 0 saturated heterocycles. The zero-order chi connectivity index (χ0) is 13.8. The fourth-order valence-corrected chi connectivity index (χ4v) is 2.11. The maximum Gasteiger partial charge on any atom is 0.253 e. The summed E-state index contributed by atoms with van der Waals surface area (Å²) < 4.78 is 0. The fraction of sp³-hybridized carbons (Fsp3) is 0.133. The lowest BCUT2D eigenvalue weighted by atomic mass is 10.1. The predicted octanol–water partition coefficient (Wildman–Crippen LogP) is 3.16. The average molecular weight is 275 g/mol. The highest BCUT2D eigenvalue weighted by molar-refractivity contribution is 6.31. The lowest BCUT2D eigenvalue weighted by Crippen LogP contribution is -2.24. The normalized spacial score (nSPS) is 10.2. The standard InChI is InChI=1S/C15H15ClN2O/c1-10-5-4-8-13(17)14(10)15(19)18-9-11-6-2-3-7-12(11)16/h2-8H,9,17H2,1H3,(H,18,19). The van der Waals surface area contributed by atoms with Crippen LogP contribution in [0.4, 0.5) is 5.69 Å². The first kappa shape index (κ1) is 13.4. The summed E-state index contributed by atoms with van der Waals surface area (Å²) in [4.78, 5) is 12.1. The number of hydrogen-bond donors (Lipinski definition) is 2. The molecule has 0 aromatic heterocycles. The molecule has 2 rings (SSSR count). The second kappa shape index (κ2) is 5.76. The molecule has 0 radical (unpaired) electrons. The van der Waals surface area contributed by atoms with E-state index in [2.05, 4.69) is 5.32 Å². The highest BCUT2D eigenvalue weighted by atomic mass is 35.5. The maximum absolute atomic E-state index is 12.1. The monoisotopic (exact) mass is 274 g/mol. The summed E-state index contributed by atoms with van der Waals surface area (Å²) in [5, 5.41) is 3.47. The summed E-state index contributed by atoms with van der Waals surface area (Å²) >= 11 is 6.04. The quantitative estimate of drug-likeness (QED) is 0.845. The number of anilines is 1. The molecule has 0 saturated carbocycles. The van der Waals surface area contributed by atoms with Crippen molar-refractivity contribution in [3.8, 4) is 0 Å². The zero-order valence-electron chi connectivity index (χ0n) is 10.6. The molecule has 0 atom stereocenters. The van der Waals surface area contributed by atoms with E-state index >= 15 is 0 Å².